The van der Waals surface area contributed by atoms with Crippen molar-refractivity contribution in [2.24, 2.45) is 17.3 Å². The third-order valence-electron chi connectivity index (χ3n) is 7.00. The second kappa shape index (κ2) is 7.83. The third kappa shape index (κ3) is 4.10. The van der Waals surface area contributed by atoms with E-state index in [1.54, 1.807) is 30.5 Å². The van der Waals surface area contributed by atoms with Gasteiger partial charge in [0.25, 0.3) is 0 Å². The molecule has 8 nitrogen and oxygen atoms in total. The SMILES string of the molecule is CC(C)c1noc(N2CC3C(COc4ccc(-c5ccc(S(C)(=O)=O)cc5)cn4)C3(C)C2)n1. The number of benzene rings is 1. The Morgan fingerprint density at radius 2 is 1.91 bits per heavy atom. The van der Waals surface area contributed by atoms with E-state index >= 15 is 0 Å². The summed E-state index contributed by atoms with van der Waals surface area (Å²) < 4.78 is 34.7. The maximum Gasteiger partial charge on any atom is 0.324 e. The van der Waals surface area contributed by atoms with Gasteiger partial charge >= 0.3 is 6.01 Å². The quantitative estimate of drug-likeness (QED) is 0.516. The third-order valence-corrected chi connectivity index (χ3v) is 8.13. The van der Waals surface area contributed by atoms with Crippen LogP contribution in [0.15, 0.2) is 52.0 Å². The van der Waals surface area contributed by atoms with Crippen molar-refractivity contribution in [3.8, 4) is 17.0 Å². The van der Waals surface area contributed by atoms with Gasteiger partial charge in [-0.1, -0.05) is 38.1 Å². The Labute approximate surface area is 193 Å². The van der Waals surface area contributed by atoms with Crippen LogP contribution in [0, 0.1) is 17.3 Å². The summed E-state index contributed by atoms with van der Waals surface area (Å²) in [7, 11) is -3.20. The van der Waals surface area contributed by atoms with Gasteiger partial charge in [0.05, 0.1) is 11.5 Å². The fraction of sp³-hybridized carbons (Fsp3) is 0.458. The van der Waals surface area contributed by atoms with Crippen molar-refractivity contribution >= 4 is 15.9 Å². The number of rotatable bonds is 7. The fourth-order valence-electron chi connectivity index (χ4n) is 4.80. The largest absolute Gasteiger partial charge is 0.477 e. The second-order valence-electron chi connectivity index (χ2n) is 9.68. The first-order valence-corrected chi connectivity index (χ1v) is 13.0. The molecule has 3 heterocycles. The number of sulfone groups is 1. The number of hydrogen-bond donors (Lipinski definition) is 0. The Kier molecular flexibility index (Phi) is 5.19. The standard InChI is InChI=1S/C24H28N4O4S/c1-15(2)22-26-23(32-27-22)28-12-19-20(24(19,3)14-28)13-31-21-10-7-17(11-25-21)16-5-8-18(9-6-16)33(4,29)30/h5-11,15,19-20H,12-14H2,1-4H3. The van der Waals surface area contributed by atoms with Gasteiger partial charge in [-0.15, -0.1) is 0 Å². The predicted molar refractivity (Wildman–Crippen MR) is 124 cm³/mol. The lowest BCUT2D eigenvalue weighted by atomic mass is 10.1. The van der Waals surface area contributed by atoms with E-state index in [1.807, 2.05) is 12.1 Å². The van der Waals surface area contributed by atoms with Gasteiger partial charge in [0.1, 0.15) is 0 Å². The highest BCUT2D eigenvalue weighted by atomic mass is 32.2. The molecule has 1 aliphatic heterocycles. The molecule has 5 rings (SSSR count). The van der Waals surface area contributed by atoms with Gasteiger partial charge in [0.15, 0.2) is 15.7 Å². The minimum atomic E-state index is -3.20. The van der Waals surface area contributed by atoms with E-state index in [4.69, 9.17) is 9.26 Å². The molecule has 33 heavy (non-hydrogen) atoms. The summed E-state index contributed by atoms with van der Waals surface area (Å²) in [4.78, 5) is 11.5. The van der Waals surface area contributed by atoms with Crippen LogP contribution in [0.4, 0.5) is 6.01 Å². The van der Waals surface area contributed by atoms with E-state index in [0.29, 0.717) is 35.2 Å². The lowest BCUT2D eigenvalue weighted by molar-refractivity contribution is 0.260. The van der Waals surface area contributed by atoms with E-state index in [1.165, 1.54) is 6.26 Å². The lowest BCUT2D eigenvalue weighted by Gasteiger charge is -2.19. The molecular formula is C24H28N4O4S. The highest BCUT2D eigenvalue weighted by Crippen LogP contribution is 2.63. The normalized spacial score (nSPS) is 24.2. The van der Waals surface area contributed by atoms with Gasteiger partial charge in [-0.05, 0) is 35.1 Å². The number of pyridine rings is 1. The van der Waals surface area contributed by atoms with Gasteiger partial charge < -0.3 is 14.2 Å². The molecular weight excluding hydrogens is 440 g/mol. The number of fused-ring (bicyclic) bond motifs is 1. The van der Waals surface area contributed by atoms with Crippen LogP contribution >= 0.6 is 0 Å². The summed E-state index contributed by atoms with van der Waals surface area (Å²) in [6, 6.07) is 11.2. The average Bonchev–Trinajstić information content (AvgIpc) is 3.15. The average molecular weight is 469 g/mol. The number of ether oxygens (including phenoxy) is 1. The molecule has 0 bridgehead atoms. The first kappa shape index (κ1) is 21.9. The van der Waals surface area contributed by atoms with Crippen molar-refractivity contribution in [3.63, 3.8) is 0 Å². The summed E-state index contributed by atoms with van der Waals surface area (Å²) >= 11 is 0. The van der Waals surface area contributed by atoms with Crippen molar-refractivity contribution in [1.29, 1.82) is 0 Å². The van der Waals surface area contributed by atoms with E-state index in [0.717, 1.165) is 30.0 Å². The Morgan fingerprint density at radius 1 is 1.18 bits per heavy atom. The maximum absolute atomic E-state index is 11.6. The molecule has 2 aromatic heterocycles. The van der Waals surface area contributed by atoms with E-state index in [2.05, 4.69) is 40.8 Å². The first-order valence-electron chi connectivity index (χ1n) is 11.1. The molecule has 0 radical (unpaired) electrons. The molecule has 3 unspecified atom stereocenters. The van der Waals surface area contributed by atoms with Crippen LogP contribution in [-0.2, 0) is 9.84 Å². The van der Waals surface area contributed by atoms with Crippen LogP contribution < -0.4 is 9.64 Å². The van der Waals surface area contributed by atoms with Crippen LogP contribution in [-0.4, -0.2) is 49.5 Å². The molecule has 1 saturated heterocycles. The smallest absolute Gasteiger partial charge is 0.324 e. The van der Waals surface area contributed by atoms with Crippen molar-refractivity contribution in [2.45, 2.75) is 31.6 Å². The molecule has 174 valence electrons. The van der Waals surface area contributed by atoms with Gasteiger partial charge in [0.2, 0.25) is 5.88 Å². The molecule has 0 N–H and O–H groups in total. The van der Waals surface area contributed by atoms with Crippen LogP contribution in [0.3, 0.4) is 0 Å². The van der Waals surface area contributed by atoms with Crippen molar-refractivity contribution in [3.05, 3.63) is 48.4 Å². The Balaban J connectivity index is 1.16. The van der Waals surface area contributed by atoms with Gasteiger partial charge in [-0.25, -0.2) is 13.4 Å². The molecule has 1 aromatic carbocycles. The monoisotopic (exact) mass is 468 g/mol. The molecule has 3 atom stereocenters. The number of nitrogens with zero attached hydrogens (tertiary/aromatic N) is 4. The molecule has 2 aliphatic rings. The highest BCUT2D eigenvalue weighted by Gasteiger charge is 2.66. The minimum absolute atomic E-state index is 0.188. The zero-order valence-corrected chi connectivity index (χ0v) is 20.0. The number of aromatic nitrogens is 3. The number of anilines is 1. The summed E-state index contributed by atoms with van der Waals surface area (Å²) in [5, 5.41) is 4.07. The van der Waals surface area contributed by atoms with Crippen LogP contribution in [0.1, 0.15) is 32.5 Å². The van der Waals surface area contributed by atoms with Crippen molar-refractivity contribution < 1.29 is 17.7 Å². The number of piperidine rings is 1. The van der Waals surface area contributed by atoms with Crippen LogP contribution in [0.25, 0.3) is 11.1 Å². The van der Waals surface area contributed by atoms with Crippen LogP contribution in [0.5, 0.6) is 5.88 Å². The molecule has 0 amide bonds. The maximum atomic E-state index is 11.6. The molecule has 1 saturated carbocycles. The first-order chi connectivity index (χ1) is 15.6. The minimum Gasteiger partial charge on any atom is -0.477 e. The molecule has 9 heteroatoms. The van der Waals surface area contributed by atoms with Gasteiger partial charge in [0, 0.05) is 49.0 Å². The molecule has 2 fully saturated rings. The summed E-state index contributed by atoms with van der Waals surface area (Å²) in [5.74, 6) is 2.61. The fourth-order valence-corrected chi connectivity index (χ4v) is 5.43. The van der Waals surface area contributed by atoms with Crippen molar-refractivity contribution in [2.75, 3.05) is 30.9 Å². The highest BCUT2D eigenvalue weighted by molar-refractivity contribution is 7.90. The summed E-state index contributed by atoms with van der Waals surface area (Å²) in [5.41, 5.74) is 2.01. The Hall–Kier alpha value is -2.94. The Bertz CT molecular complexity index is 1250. The van der Waals surface area contributed by atoms with Gasteiger partial charge in [-0.2, -0.15) is 4.98 Å². The zero-order valence-electron chi connectivity index (χ0n) is 19.2. The second-order valence-corrected chi connectivity index (χ2v) is 11.7. The predicted octanol–water partition coefficient (Wildman–Crippen LogP) is 3.81. The lowest BCUT2D eigenvalue weighted by Crippen LogP contribution is -2.28. The molecule has 1 aliphatic carbocycles. The van der Waals surface area contributed by atoms with E-state index < -0.39 is 9.84 Å². The zero-order chi connectivity index (χ0) is 23.4. The topological polar surface area (TPSA) is 98.4 Å². The van der Waals surface area contributed by atoms with Crippen LogP contribution in [0.2, 0.25) is 0 Å². The number of hydrogen-bond acceptors (Lipinski definition) is 8. The van der Waals surface area contributed by atoms with Gasteiger partial charge in [-0.3, -0.25) is 0 Å². The summed E-state index contributed by atoms with van der Waals surface area (Å²) in [6.07, 6.45) is 2.96. The summed E-state index contributed by atoms with van der Waals surface area (Å²) in [6.45, 7) is 8.83. The molecule has 3 aromatic rings. The van der Waals surface area contributed by atoms with E-state index in [9.17, 15) is 8.42 Å². The Morgan fingerprint density at radius 3 is 2.45 bits per heavy atom. The van der Waals surface area contributed by atoms with Crippen molar-refractivity contribution in [1.82, 2.24) is 15.1 Å². The van der Waals surface area contributed by atoms with E-state index in [-0.39, 0.29) is 11.3 Å². The molecule has 0 spiro atoms.